The van der Waals surface area contributed by atoms with Crippen molar-refractivity contribution < 1.29 is 6.22 Å². The summed E-state index contributed by atoms with van der Waals surface area (Å²) >= 11 is 0. The highest BCUT2D eigenvalue weighted by atomic mass is 127. The normalized spacial score (nSPS) is 15.3. The Morgan fingerprint density at radius 3 is 2.56 bits per heavy atom. The van der Waals surface area contributed by atoms with Gasteiger partial charge in [0.15, 0.2) is 0 Å². The molecule has 0 saturated heterocycles. The number of nitrogens with one attached hydrogen (secondary N) is 3. The second-order valence-electron chi connectivity index (χ2n) is 11.9. The molecule has 0 bridgehead atoms. The molecule has 1 aliphatic carbocycles. The summed E-state index contributed by atoms with van der Waals surface area (Å²) in [5, 5.41) is 9.65. The van der Waals surface area contributed by atoms with Crippen molar-refractivity contribution in [3.05, 3.63) is 65.1 Å². The molecule has 1 aliphatic heterocycles. The molecule has 1 aromatic carbocycles. The van der Waals surface area contributed by atoms with Crippen LogP contribution in [0.3, 0.4) is 0 Å². The first kappa shape index (κ1) is 29.2. The van der Waals surface area contributed by atoms with Crippen molar-refractivity contribution in [3.63, 3.8) is 0 Å². The standard InChI is InChI=1S/C30H39N7O.HI.H2/c1-19(2)33-28(38)25-16-32-29(36-27(25)34-24-10-12-31-26(15-24)30(3,4)5)35-23-9-8-22-18-37(17-20-6-7-20)13-11-21(22)14-23;;/h8-10,12,14-16,19-20H,6-7,11,13,17-18H2,1-5H3,(H,33,38)(H2,31,32,34,35,36);2*1H. The van der Waals surface area contributed by atoms with E-state index < -0.39 is 0 Å². The molecule has 0 atom stereocenters. The van der Waals surface area contributed by atoms with Crippen LogP contribution in [0.15, 0.2) is 42.7 Å². The van der Waals surface area contributed by atoms with Crippen molar-refractivity contribution in [1.29, 1.82) is 0 Å². The molecule has 1 saturated carbocycles. The van der Waals surface area contributed by atoms with E-state index in [0.29, 0.717) is 17.3 Å². The number of halogens is 1. The molecule has 1 fully saturated rings. The molecule has 9 heteroatoms. The Kier molecular flexibility index (Phi) is 9.10. The summed E-state index contributed by atoms with van der Waals surface area (Å²) in [6, 6.07) is 10.4. The molecule has 2 aromatic heterocycles. The first-order valence-electron chi connectivity index (χ1n) is 13.7. The molecule has 2 aliphatic rings. The lowest BCUT2D eigenvalue weighted by molar-refractivity contribution is 0.0943. The van der Waals surface area contributed by atoms with E-state index in [1.807, 2.05) is 26.0 Å². The van der Waals surface area contributed by atoms with Gasteiger partial charge in [-0.2, -0.15) is 4.98 Å². The van der Waals surface area contributed by atoms with Gasteiger partial charge in [-0.05, 0) is 74.4 Å². The smallest absolute Gasteiger partial charge is 0.256 e. The van der Waals surface area contributed by atoms with Gasteiger partial charge in [0.2, 0.25) is 5.95 Å². The number of nitrogens with zero attached hydrogens (tertiary/aromatic N) is 4. The van der Waals surface area contributed by atoms with Gasteiger partial charge in [0.25, 0.3) is 5.91 Å². The van der Waals surface area contributed by atoms with Crippen molar-refractivity contribution in [2.75, 3.05) is 23.7 Å². The number of rotatable bonds is 8. The Labute approximate surface area is 250 Å². The first-order chi connectivity index (χ1) is 18.1. The Hall–Kier alpha value is -2.79. The second-order valence-corrected chi connectivity index (χ2v) is 11.9. The molecule has 3 N–H and O–H groups in total. The summed E-state index contributed by atoms with van der Waals surface area (Å²) in [5.41, 5.74) is 5.78. The van der Waals surface area contributed by atoms with Gasteiger partial charge in [0.05, 0.1) is 0 Å². The Morgan fingerprint density at radius 1 is 1.08 bits per heavy atom. The fourth-order valence-corrected chi connectivity index (χ4v) is 4.74. The zero-order chi connectivity index (χ0) is 26.9. The van der Waals surface area contributed by atoms with Gasteiger partial charge in [0, 0.05) is 62.0 Å². The van der Waals surface area contributed by atoms with Gasteiger partial charge in [-0.1, -0.05) is 26.8 Å². The van der Waals surface area contributed by atoms with E-state index in [-0.39, 0.29) is 42.8 Å². The van der Waals surface area contributed by atoms with E-state index in [1.54, 1.807) is 12.4 Å². The van der Waals surface area contributed by atoms with Crippen molar-refractivity contribution in [1.82, 2.24) is 25.2 Å². The summed E-state index contributed by atoms with van der Waals surface area (Å²) in [6.45, 7) is 13.6. The van der Waals surface area contributed by atoms with Crippen molar-refractivity contribution >= 4 is 53.0 Å². The lowest BCUT2D eigenvalue weighted by atomic mass is 9.91. The molecule has 0 spiro atoms. The maximum absolute atomic E-state index is 13.0. The maximum atomic E-state index is 13.0. The van der Waals surface area contributed by atoms with Crippen LogP contribution in [0.1, 0.15) is 76.1 Å². The molecule has 3 aromatic rings. The minimum atomic E-state index is -0.219. The minimum Gasteiger partial charge on any atom is -0.350 e. The fourth-order valence-electron chi connectivity index (χ4n) is 4.74. The molecular formula is C30H42IN7O. The second kappa shape index (κ2) is 12.2. The quantitative estimate of drug-likeness (QED) is 0.244. The number of pyridine rings is 1. The fraction of sp³-hybridized carbons (Fsp3) is 0.467. The average Bonchev–Trinajstić information content (AvgIpc) is 3.67. The Morgan fingerprint density at radius 2 is 1.85 bits per heavy atom. The SMILES string of the molecule is CC(C)NC(=O)c1cnc(Nc2ccc3c(c2)CCN(CC2CC2)C3)nc1Nc1ccnc(C(C)(C)C)c1.I.[HH]. The molecule has 5 rings (SSSR count). The number of carbonyl (C=O) groups excluding carboxylic acids is 1. The molecule has 210 valence electrons. The number of hydrogen-bond acceptors (Lipinski definition) is 7. The number of amides is 1. The van der Waals surface area contributed by atoms with E-state index in [2.05, 4.69) is 69.8 Å². The van der Waals surface area contributed by atoms with Crippen LogP contribution in [0.25, 0.3) is 0 Å². The maximum Gasteiger partial charge on any atom is 0.256 e. The molecule has 39 heavy (non-hydrogen) atoms. The zero-order valence-electron chi connectivity index (χ0n) is 23.5. The van der Waals surface area contributed by atoms with Gasteiger partial charge in [-0.3, -0.25) is 14.7 Å². The van der Waals surface area contributed by atoms with Crippen LogP contribution in [-0.4, -0.2) is 44.9 Å². The third kappa shape index (κ3) is 7.66. The first-order valence-corrected chi connectivity index (χ1v) is 13.7. The largest absolute Gasteiger partial charge is 0.350 e. The number of fused-ring (bicyclic) bond motifs is 1. The lowest BCUT2D eigenvalue weighted by Gasteiger charge is -2.29. The van der Waals surface area contributed by atoms with Crippen LogP contribution in [0.5, 0.6) is 0 Å². The van der Waals surface area contributed by atoms with Gasteiger partial charge in [-0.25, -0.2) is 4.98 Å². The van der Waals surface area contributed by atoms with E-state index in [9.17, 15) is 4.79 Å². The van der Waals surface area contributed by atoms with Crippen LogP contribution < -0.4 is 16.0 Å². The van der Waals surface area contributed by atoms with E-state index >= 15 is 0 Å². The number of hydrogen-bond donors (Lipinski definition) is 3. The molecule has 0 radical (unpaired) electrons. The van der Waals surface area contributed by atoms with Crippen LogP contribution >= 0.6 is 24.0 Å². The summed E-state index contributed by atoms with van der Waals surface area (Å²) < 4.78 is 0. The number of carbonyl (C=O) groups is 1. The average molecular weight is 644 g/mol. The molecule has 1 amide bonds. The Balaban J connectivity index is 0.00000220. The zero-order valence-corrected chi connectivity index (χ0v) is 25.9. The van der Waals surface area contributed by atoms with Crippen molar-refractivity contribution in [2.45, 2.75) is 71.9 Å². The molecule has 0 unspecified atom stereocenters. The predicted octanol–water partition coefficient (Wildman–Crippen LogP) is 6.43. The molecular weight excluding hydrogens is 601 g/mol. The monoisotopic (exact) mass is 643 g/mol. The van der Waals surface area contributed by atoms with E-state index in [1.165, 1.54) is 30.5 Å². The number of aromatic nitrogens is 3. The predicted molar refractivity (Wildman–Crippen MR) is 170 cm³/mol. The summed E-state index contributed by atoms with van der Waals surface area (Å²) in [6.07, 6.45) is 7.18. The summed E-state index contributed by atoms with van der Waals surface area (Å²) in [7, 11) is 0. The number of anilines is 4. The summed E-state index contributed by atoms with van der Waals surface area (Å²) in [4.78, 5) is 29.3. The van der Waals surface area contributed by atoms with Gasteiger partial charge >= 0.3 is 0 Å². The van der Waals surface area contributed by atoms with Crippen LogP contribution in [0.2, 0.25) is 0 Å². The highest BCUT2D eigenvalue weighted by Gasteiger charge is 2.26. The van der Waals surface area contributed by atoms with Crippen LogP contribution in [0, 0.1) is 5.92 Å². The molecule has 3 heterocycles. The van der Waals surface area contributed by atoms with Crippen LogP contribution in [0.4, 0.5) is 23.1 Å². The molecule has 8 nitrogen and oxygen atoms in total. The van der Waals surface area contributed by atoms with E-state index in [4.69, 9.17) is 4.98 Å². The van der Waals surface area contributed by atoms with Gasteiger partial charge < -0.3 is 16.0 Å². The number of benzene rings is 1. The Bertz CT molecular complexity index is 1320. The van der Waals surface area contributed by atoms with Gasteiger partial charge in [-0.15, -0.1) is 24.0 Å². The topological polar surface area (TPSA) is 95.1 Å². The summed E-state index contributed by atoms with van der Waals surface area (Å²) in [5.74, 6) is 1.57. The highest BCUT2D eigenvalue weighted by Crippen LogP contribution is 2.32. The third-order valence-corrected chi connectivity index (χ3v) is 7.01. The van der Waals surface area contributed by atoms with Gasteiger partial charge in [0.1, 0.15) is 11.4 Å². The van der Waals surface area contributed by atoms with Crippen molar-refractivity contribution in [2.24, 2.45) is 5.92 Å². The van der Waals surface area contributed by atoms with Crippen LogP contribution in [-0.2, 0) is 18.4 Å². The van der Waals surface area contributed by atoms with E-state index in [0.717, 1.165) is 42.5 Å². The minimum absolute atomic E-state index is 0. The highest BCUT2D eigenvalue weighted by molar-refractivity contribution is 14.0. The third-order valence-electron chi connectivity index (χ3n) is 7.01. The van der Waals surface area contributed by atoms with Crippen molar-refractivity contribution in [3.8, 4) is 0 Å². The lowest BCUT2D eigenvalue weighted by Crippen LogP contribution is -2.32.